The molecular weight excluding hydrogens is 365 g/mol. The lowest BCUT2D eigenvalue weighted by Crippen LogP contribution is -2.42. The first-order valence-electron chi connectivity index (χ1n) is 10.7. The van der Waals surface area contributed by atoms with Gasteiger partial charge in [-0.25, -0.2) is 4.39 Å². The Bertz CT molecular complexity index is 772. The Labute approximate surface area is 173 Å². The molecule has 1 aliphatic rings. The molecule has 1 atom stereocenters. The van der Waals surface area contributed by atoms with Gasteiger partial charge in [0.2, 0.25) is 5.91 Å². The number of nitrogens with one attached hydrogen (secondary N) is 1. The minimum atomic E-state index is -0.213. The van der Waals surface area contributed by atoms with Crippen molar-refractivity contribution < 1.29 is 9.18 Å². The lowest BCUT2D eigenvalue weighted by atomic mass is 9.96. The van der Waals surface area contributed by atoms with E-state index in [0.29, 0.717) is 6.54 Å². The summed E-state index contributed by atoms with van der Waals surface area (Å²) in [5, 5.41) is 3.11. The zero-order chi connectivity index (χ0) is 20.6. The summed E-state index contributed by atoms with van der Waals surface area (Å²) in [5.41, 5.74) is 3.42. The van der Waals surface area contributed by atoms with Crippen molar-refractivity contribution in [2.45, 2.75) is 39.8 Å². The molecule has 1 fully saturated rings. The summed E-state index contributed by atoms with van der Waals surface area (Å²) in [6.07, 6.45) is 1.94. The van der Waals surface area contributed by atoms with Gasteiger partial charge in [0.1, 0.15) is 5.82 Å². The van der Waals surface area contributed by atoms with Gasteiger partial charge >= 0.3 is 0 Å². The van der Waals surface area contributed by atoms with Crippen LogP contribution < -0.4 is 10.2 Å². The Morgan fingerprint density at radius 1 is 1.07 bits per heavy atom. The lowest BCUT2D eigenvalue weighted by Gasteiger charge is -2.32. The maximum atomic E-state index is 13.1. The van der Waals surface area contributed by atoms with Crippen LogP contribution in [-0.4, -0.2) is 37.0 Å². The van der Waals surface area contributed by atoms with Crippen molar-refractivity contribution in [1.82, 2.24) is 10.2 Å². The third kappa shape index (κ3) is 6.04. The summed E-state index contributed by atoms with van der Waals surface area (Å²) in [6.45, 7) is 9.34. The zero-order valence-corrected chi connectivity index (χ0v) is 17.5. The Hall–Kier alpha value is -2.40. The number of nitrogens with zero attached hydrogens (tertiary/aromatic N) is 2. The van der Waals surface area contributed by atoms with Crippen molar-refractivity contribution in [2.24, 2.45) is 5.92 Å². The van der Waals surface area contributed by atoms with Gasteiger partial charge in [-0.05, 0) is 68.6 Å². The molecule has 0 spiro atoms. The fourth-order valence-electron chi connectivity index (χ4n) is 4.01. The predicted octanol–water partition coefficient (Wildman–Crippen LogP) is 4.20. The molecule has 5 heteroatoms. The number of benzene rings is 2. The highest BCUT2D eigenvalue weighted by Gasteiger charge is 2.25. The fraction of sp³-hybridized carbons (Fsp3) is 0.458. The molecule has 1 amide bonds. The van der Waals surface area contributed by atoms with Crippen LogP contribution in [0.15, 0.2) is 48.5 Å². The van der Waals surface area contributed by atoms with Gasteiger partial charge in [-0.3, -0.25) is 9.69 Å². The van der Waals surface area contributed by atoms with Crippen LogP contribution in [0, 0.1) is 11.7 Å². The first kappa shape index (κ1) is 21.3. The number of amides is 1. The van der Waals surface area contributed by atoms with E-state index in [-0.39, 0.29) is 17.6 Å². The Morgan fingerprint density at radius 2 is 1.72 bits per heavy atom. The van der Waals surface area contributed by atoms with Crippen LogP contribution in [0.3, 0.4) is 0 Å². The van der Waals surface area contributed by atoms with E-state index in [1.165, 1.54) is 17.8 Å². The Kier molecular flexibility index (Phi) is 7.64. The number of halogens is 1. The molecule has 156 valence electrons. The molecule has 0 bridgehead atoms. The van der Waals surface area contributed by atoms with Crippen LogP contribution in [0.2, 0.25) is 0 Å². The van der Waals surface area contributed by atoms with Crippen LogP contribution >= 0.6 is 0 Å². The van der Waals surface area contributed by atoms with Crippen molar-refractivity contribution in [2.75, 3.05) is 31.1 Å². The highest BCUT2D eigenvalue weighted by Crippen LogP contribution is 2.20. The molecule has 1 N–H and O–H groups in total. The van der Waals surface area contributed by atoms with Crippen molar-refractivity contribution in [3.05, 3.63) is 65.5 Å². The van der Waals surface area contributed by atoms with Crippen LogP contribution in [0.1, 0.15) is 37.8 Å². The summed E-state index contributed by atoms with van der Waals surface area (Å²) in [4.78, 5) is 17.3. The average molecular weight is 398 g/mol. The lowest BCUT2D eigenvalue weighted by molar-refractivity contribution is -0.126. The Balaban J connectivity index is 1.49. The molecule has 29 heavy (non-hydrogen) atoms. The van der Waals surface area contributed by atoms with E-state index in [9.17, 15) is 9.18 Å². The maximum absolute atomic E-state index is 13.1. The van der Waals surface area contributed by atoms with Gasteiger partial charge in [0.25, 0.3) is 0 Å². The number of piperidine rings is 1. The zero-order valence-electron chi connectivity index (χ0n) is 17.5. The van der Waals surface area contributed by atoms with E-state index in [4.69, 9.17) is 0 Å². The second kappa shape index (κ2) is 10.4. The minimum absolute atomic E-state index is 0.0131. The largest absolute Gasteiger partial charge is 0.372 e. The number of rotatable bonds is 8. The van der Waals surface area contributed by atoms with Crippen LogP contribution in [-0.2, 0) is 17.9 Å². The summed E-state index contributed by atoms with van der Waals surface area (Å²) in [6, 6.07) is 15.1. The normalized spacial score (nSPS) is 17.1. The van der Waals surface area contributed by atoms with Gasteiger partial charge in [-0.15, -0.1) is 0 Å². The first-order valence-corrected chi connectivity index (χ1v) is 10.7. The van der Waals surface area contributed by atoms with E-state index >= 15 is 0 Å². The molecule has 1 saturated heterocycles. The van der Waals surface area contributed by atoms with Crippen molar-refractivity contribution in [3.63, 3.8) is 0 Å². The van der Waals surface area contributed by atoms with Crippen molar-refractivity contribution in [3.8, 4) is 0 Å². The predicted molar refractivity (Wildman–Crippen MR) is 116 cm³/mol. The average Bonchev–Trinajstić information content (AvgIpc) is 2.75. The molecule has 2 aromatic carbocycles. The van der Waals surface area contributed by atoms with Crippen LogP contribution in [0.5, 0.6) is 0 Å². The third-order valence-corrected chi connectivity index (χ3v) is 5.73. The number of likely N-dealkylation sites (tertiary alicyclic amines) is 1. The molecule has 2 aromatic rings. The van der Waals surface area contributed by atoms with Gasteiger partial charge in [0.15, 0.2) is 0 Å². The summed E-state index contributed by atoms with van der Waals surface area (Å²) in [7, 11) is 0. The van der Waals surface area contributed by atoms with Gasteiger partial charge in [-0.1, -0.05) is 24.3 Å². The van der Waals surface area contributed by atoms with E-state index in [1.54, 1.807) is 0 Å². The van der Waals surface area contributed by atoms with E-state index in [1.807, 2.05) is 12.1 Å². The number of anilines is 1. The van der Waals surface area contributed by atoms with Crippen molar-refractivity contribution in [1.29, 1.82) is 0 Å². The van der Waals surface area contributed by atoms with Gasteiger partial charge in [-0.2, -0.15) is 0 Å². The van der Waals surface area contributed by atoms with E-state index < -0.39 is 0 Å². The summed E-state index contributed by atoms with van der Waals surface area (Å²) >= 11 is 0. The SMILES string of the molecule is CCN(CC)c1ccc(CNC(=O)[C@@H]2CCCN(Cc3ccc(F)cc3)C2)cc1. The fourth-order valence-corrected chi connectivity index (χ4v) is 4.01. The highest BCUT2D eigenvalue weighted by atomic mass is 19.1. The van der Waals surface area contributed by atoms with Crippen molar-refractivity contribution >= 4 is 11.6 Å². The number of hydrogen-bond acceptors (Lipinski definition) is 3. The quantitative estimate of drug-likeness (QED) is 0.725. The molecule has 0 aliphatic carbocycles. The third-order valence-electron chi connectivity index (χ3n) is 5.73. The number of hydrogen-bond donors (Lipinski definition) is 1. The molecule has 4 nitrogen and oxygen atoms in total. The summed E-state index contributed by atoms with van der Waals surface area (Å²) in [5.74, 6) is -0.0736. The highest BCUT2D eigenvalue weighted by molar-refractivity contribution is 5.79. The first-order chi connectivity index (χ1) is 14.1. The topological polar surface area (TPSA) is 35.6 Å². The molecule has 0 aromatic heterocycles. The second-order valence-corrected chi connectivity index (χ2v) is 7.76. The maximum Gasteiger partial charge on any atom is 0.224 e. The Morgan fingerprint density at radius 3 is 2.38 bits per heavy atom. The van der Waals surface area contributed by atoms with E-state index in [2.05, 4.69) is 53.2 Å². The molecule has 0 radical (unpaired) electrons. The standard InChI is InChI=1S/C24H32FN3O/c1-3-28(4-2)23-13-9-19(10-14-23)16-26-24(29)21-6-5-15-27(18-21)17-20-7-11-22(25)12-8-20/h7-14,21H,3-6,15-18H2,1-2H3,(H,26,29)/t21-/m1/s1. The number of carbonyl (C=O) groups is 1. The monoisotopic (exact) mass is 397 g/mol. The minimum Gasteiger partial charge on any atom is -0.372 e. The van der Waals surface area contributed by atoms with Crippen LogP contribution in [0.25, 0.3) is 0 Å². The van der Waals surface area contributed by atoms with Crippen LogP contribution in [0.4, 0.5) is 10.1 Å². The molecule has 3 rings (SSSR count). The smallest absolute Gasteiger partial charge is 0.224 e. The molecular formula is C24H32FN3O. The molecule has 1 aliphatic heterocycles. The van der Waals surface area contributed by atoms with E-state index in [0.717, 1.165) is 56.7 Å². The molecule has 0 unspecified atom stereocenters. The van der Waals surface area contributed by atoms with Gasteiger partial charge in [0.05, 0.1) is 5.92 Å². The molecule has 0 saturated carbocycles. The number of carbonyl (C=O) groups excluding carboxylic acids is 1. The summed E-state index contributed by atoms with van der Waals surface area (Å²) < 4.78 is 13.1. The van der Waals surface area contributed by atoms with Gasteiger partial charge in [0, 0.05) is 38.4 Å². The van der Waals surface area contributed by atoms with Gasteiger partial charge < -0.3 is 10.2 Å². The second-order valence-electron chi connectivity index (χ2n) is 7.76. The molecule has 1 heterocycles.